The predicted molar refractivity (Wildman–Crippen MR) is 187 cm³/mol. The summed E-state index contributed by atoms with van der Waals surface area (Å²) < 4.78 is 21.9. The van der Waals surface area contributed by atoms with Gasteiger partial charge in [0.25, 0.3) is 0 Å². The molecule has 0 radical (unpaired) electrons. The lowest BCUT2D eigenvalue weighted by Gasteiger charge is -2.17. The van der Waals surface area contributed by atoms with Crippen molar-refractivity contribution in [3.05, 3.63) is 24.3 Å². The van der Waals surface area contributed by atoms with E-state index in [0.717, 1.165) is 17.8 Å². The molecule has 262 valence electrons. The molecule has 0 saturated carbocycles. The average Bonchev–Trinajstić information content (AvgIpc) is 3.59. The summed E-state index contributed by atoms with van der Waals surface area (Å²) in [6.07, 6.45) is 2.55. The number of benzene rings is 2. The number of carbonyl (C=O) groups is 4. The van der Waals surface area contributed by atoms with Crippen LogP contribution in [0.3, 0.4) is 0 Å². The van der Waals surface area contributed by atoms with Crippen molar-refractivity contribution >= 4 is 46.4 Å². The van der Waals surface area contributed by atoms with Crippen molar-refractivity contribution in [2.45, 2.75) is 80.6 Å². The normalized spacial score (nSPS) is 12.9. The van der Waals surface area contributed by atoms with Gasteiger partial charge in [-0.05, 0) is 24.2 Å². The number of hydrogen-bond donors (Lipinski definition) is 2. The summed E-state index contributed by atoms with van der Waals surface area (Å²) in [5.41, 5.74) is 2.48. The molecular formula is C35H54N4O8. The molecule has 0 unspecified atom stereocenters. The van der Waals surface area contributed by atoms with Crippen LogP contribution in [0.2, 0.25) is 0 Å². The van der Waals surface area contributed by atoms with Crippen molar-refractivity contribution in [2.75, 3.05) is 48.1 Å². The van der Waals surface area contributed by atoms with Crippen molar-refractivity contribution in [1.29, 1.82) is 0 Å². The van der Waals surface area contributed by atoms with Gasteiger partial charge < -0.3 is 29.6 Å². The first-order chi connectivity index (χ1) is 22.3. The second kappa shape index (κ2) is 16.9. The number of rotatable bonds is 12. The van der Waals surface area contributed by atoms with Crippen molar-refractivity contribution in [2.24, 2.45) is 17.8 Å². The van der Waals surface area contributed by atoms with E-state index in [-0.39, 0.29) is 57.7 Å². The smallest absolute Gasteiger partial charge is 0.230 e. The van der Waals surface area contributed by atoms with Crippen molar-refractivity contribution in [1.82, 2.24) is 0 Å². The van der Waals surface area contributed by atoms with Crippen LogP contribution in [0.25, 0.3) is 0 Å². The molecule has 0 saturated heterocycles. The Balaban J connectivity index is 0.000000472. The summed E-state index contributed by atoms with van der Waals surface area (Å²) >= 11 is 0. The van der Waals surface area contributed by atoms with Crippen LogP contribution in [-0.4, -0.2) is 51.3 Å². The number of hydrogen-bond acceptors (Lipinski definition) is 8. The van der Waals surface area contributed by atoms with Crippen molar-refractivity contribution in [3.63, 3.8) is 0 Å². The lowest BCUT2D eigenvalue weighted by molar-refractivity contribution is -0.120. The summed E-state index contributed by atoms with van der Waals surface area (Å²) in [6.45, 7) is 14.4. The van der Waals surface area contributed by atoms with Crippen molar-refractivity contribution in [3.8, 4) is 23.0 Å². The molecule has 2 heterocycles. The lowest BCUT2D eigenvalue weighted by Crippen LogP contribution is -2.30. The maximum atomic E-state index is 12.4. The van der Waals surface area contributed by atoms with Gasteiger partial charge in [0.05, 0.1) is 37.0 Å². The SMILES string of the molecule is CC(C)CC(=O)N1COc2cc3c(cc21)OCN3C(=O)CC(C)C.CCCC(=O)Nc1cc(OC)c(NC(=O)CC(C)C)cc1OC.[HH].[HH]. The van der Waals surface area contributed by atoms with E-state index in [1.54, 1.807) is 34.1 Å². The van der Waals surface area contributed by atoms with Crippen LogP contribution in [-0.2, 0) is 19.2 Å². The third-order valence-corrected chi connectivity index (χ3v) is 7.23. The molecule has 0 atom stereocenters. The minimum atomic E-state index is -0.0943. The molecule has 12 nitrogen and oxygen atoms in total. The van der Waals surface area contributed by atoms with Crippen LogP contribution in [0, 0.1) is 17.8 Å². The Morgan fingerprint density at radius 3 is 1.47 bits per heavy atom. The Morgan fingerprint density at radius 2 is 1.11 bits per heavy atom. The van der Waals surface area contributed by atoms with Gasteiger partial charge in [0.2, 0.25) is 23.6 Å². The van der Waals surface area contributed by atoms with E-state index in [0.29, 0.717) is 60.1 Å². The van der Waals surface area contributed by atoms with Crippen LogP contribution >= 0.6 is 0 Å². The number of nitrogens with one attached hydrogen (secondary N) is 2. The number of fused-ring (bicyclic) bond motifs is 2. The zero-order chi connectivity index (χ0) is 34.8. The summed E-state index contributed by atoms with van der Waals surface area (Å²) in [6, 6.07) is 6.91. The third-order valence-electron chi connectivity index (χ3n) is 7.23. The number of anilines is 4. The topological polar surface area (TPSA) is 136 Å². The van der Waals surface area contributed by atoms with E-state index in [2.05, 4.69) is 10.6 Å². The Kier molecular flexibility index (Phi) is 13.3. The molecule has 2 aliphatic heterocycles. The molecule has 2 aromatic rings. The first-order valence-corrected chi connectivity index (χ1v) is 16.2. The predicted octanol–water partition coefficient (Wildman–Crippen LogP) is 7.06. The molecule has 2 N–H and O–H groups in total. The van der Waals surface area contributed by atoms with E-state index in [9.17, 15) is 19.2 Å². The molecular weight excluding hydrogens is 604 g/mol. The number of amides is 4. The number of nitrogens with zero attached hydrogens (tertiary/aromatic N) is 2. The second-order valence-corrected chi connectivity index (χ2v) is 12.9. The van der Waals surface area contributed by atoms with Gasteiger partial charge in [0, 0.05) is 52.8 Å². The van der Waals surface area contributed by atoms with E-state index in [4.69, 9.17) is 18.9 Å². The fraction of sp³-hybridized carbons (Fsp3) is 0.543. The Bertz CT molecular complexity index is 1390. The Hall–Kier alpha value is -4.48. The van der Waals surface area contributed by atoms with Gasteiger partial charge in [-0.3, -0.25) is 29.0 Å². The first-order valence-electron chi connectivity index (χ1n) is 16.2. The minimum Gasteiger partial charge on any atom is -0.494 e. The van der Waals surface area contributed by atoms with E-state index >= 15 is 0 Å². The van der Waals surface area contributed by atoms with Gasteiger partial charge in [-0.15, -0.1) is 0 Å². The Labute approximate surface area is 281 Å². The molecule has 2 aliphatic rings. The Morgan fingerprint density at radius 1 is 0.702 bits per heavy atom. The summed E-state index contributed by atoms with van der Waals surface area (Å²) in [4.78, 5) is 51.7. The molecule has 4 amide bonds. The van der Waals surface area contributed by atoms with Gasteiger partial charge >= 0.3 is 0 Å². The fourth-order valence-corrected chi connectivity index (χ4v) is 5.04. The highest BCUT2D eigenvalue weighted by Crippen LogP contribution is 2.46. The molecule has 2 aromatic carbocycles. The maximum Gasteiger partial charge on any atom is 0.230 e. The zero-order valence-electron chi connectivity index (χ0n) is 29.2. The molecule has 0 bridgehead atoms. The lowest BCUT2D eigenvalue weighted by atomic mass is 10.1. The van der Waals surface area contributed by atoms with Gasteiger partial charge in [0.15, 0.2) is 13.5 Å². The highest BCUT2D eigenvalue weighted by molar-refractivity contribution is 6.00. The van der Waals surface area contributed by atoms with Crippen LogP contribution in [0.4, 0.5) is 22.7 Å². The fourth-order valence-electron chi connectivity index (χ4n) is 5.04. The highest BCUT2D eigenvalue weighted by Gasteiger charge is 2.33. The molecule has 12 heteroatoms. The maximum absolute atomic E-state index is 12.4. The highest BCUT2D eigenvalue weighted by atomic mass is 16.5. The molecule has 4 rings (SSSR count). The monoisotopic (exact) mass is 658 g/mol. The van der Waals surface area contributed by atoms with Crippen LogP contribution in [0.5, 0.6) is 23.0 Å². The van der Waals surface area contributed by atoms with Crippen LogP contribution in [0.15, 0.2) is 24.3 Å². The number of methoxy groups -OCH3 is 2. The molecule has 47 heavy (non-hydrogen) atoms. The van der Waals surface area contributed by atoms with Gasteiger partial charge in [-0.2, -0.15) is 0 Å². The molecule has 0 aliphatic carbocycles. The molecule has 0 fully saturated rings. The molecule has 0 spiro atoms. The van der Waals surface area contributed by atoms with E-state index in [1.165, 1.54) is 14.2 Å². The zero-order valence-corrected chi connectivity index (χ0v) is 29.2. The van der Waals surface area contributed by atoms with E-state index in [1.807, 2.05) is 48.5 Å². The summed E-state index contributed by atoms with van der Waals surface area (Å²) in [5.74, 6) is 2.90. The van der Waals surface area contributed by atoms with Crippen LogP contribution in [0.1, 0.15) is 83.4 Å². The minimum absolute atomic E-state index is 0. The quantitative estimate of drug-likeness (QED) is 0.247. The summed E-state index contributed by atoms with van der Waals surface area (Å²) in [5, 5.41) is 5.61. The number of carbonyl (C=O) groups excluding carboxylic acids is 4. The van der Waals surface area contributed by atoms with E-state index < -0.39 is 0 Å². The standard InChI is InChI=1S/C18H24N2O4.C17H26N2O4.2H2/c1-11(2)5-17(21)19-9-23-15-8-14-16(7-13(15)19)24-10-20(14)18(22)6-12(3)4;1-6-7-16(20)18-12-9-15(23-5)13(10-14(12)22-4)19-17(21)8-11(2)3;;/h7-8,11-12H,5-6,9-10H2,1-4H3;9-11H,6-8H2,1-5H3,(H,18,20)(H,19,21);2*1H. The van der Waals surface area contributed by atoms with Gasteiger partial charge in [-0.25, -0.2) is 0 Å². The van der Waals surface area contributed by atoms with Gasteiger partial charge in [-0.1, -0.05) is 48.5 Å². The van der Waals surface area contributed by atoms with Crippen molar-refractivity contribution < 1.29 is 41.0 Å². The first kappa shape index (κ1) is 37.0. The third kappa shape index (κ3) is 10.0. The summed E-state index contributed by atoms with van der Waals surface area (Å²) in [7, 11) is 3.02. The van der Waals surface area contributed by atoms with Crippen LogP contribution < -0.4 is 39.4 Å². The average molecular weight is 659 g/mol. The molecule has 0 aromatic heterocycles. The largest absolute Gasteiger partial charge is 0.494 e. The number of ether oxygens (including phenoxy) is 4. The second-order valence-electron chi connectivity index (χ2n) is 12.9. The van der Waals surface area contributed by atoms with Gasteiger partial charge in [0.1, 0.15) is 23.0 Å².